The predicted molar refractivity (Wildman–Crippen MR) is 78.0 cm³/mol. The highest BCUT2D eigenvalue weighted by molar-refractivity contribution is 5.78. The molecule has 2 aromatic carbocycles. The lowest BCUT2D eigenvalue weighted by Gasteiger charge is -2.11. The van der Waals surface area contributed by atoms with Crippen LogP contribution >= 0.6 is 0 Å². The summed E-state index contributed by atoms with van der Waals surface area (Å²) < 4.78 is 5.74. The summed E-state index contributed by atoms with van der Waals surface area (Å²) in [7, 11) is 0. The van der Waals surface area contributed by atoms with Crippen molar-refractivity contribution in [1.82, 2.24) is 5.43 Å². The number of amides is 1. The number of carbonyl (C=O) groups excluding carboxylic acids is 1. The van der Waals surface area contributed by atoms with Crippen molar-refractivity contribution in [2.24, 2.45) is 5.84 Å². The van der Waals surface area contributed by atoms with Gasteiger partial charge in [0.15, 0.2) is 0 Å². The summed E-state index contributed by atoms with van der Waals surface area (Å²) in [4.78, 5) is 11.4. The van der Waals surface area contributed by atoms with Crippen LogP contribution in [0.3, 0.4) is 0 Å². The lowest BCUT2D eigenvalue weighted by Crippen LogP contribution is -2.31. The van der Waals surface area contributed by atoms with E-state index in [-0.39, 0.29) is 12.3 Å². The van der Waals surface area contributed by atoms with Crippen molar-refractivity contribution in [3.05, 3.63) is 65.2 Å². The molecule has 0 aromatic heterocycles. The first-order valence-electron chi connectivity index (χ1n) is 6.44. The van der Waals surface area contributed by atoms with Crippen LogP contribution in [0.1, 0.15) is 16.7 Å². The molecule has 104 valence electrons. The minimum atomic E-state index is -0.215. The molecule has 20 heavy (non-hydrogen) atoms. The van der Waals surface area contributed by atoms with Crippen LogP contribution in [0.2, 0.25) is 0 Å². The maximum Gasteiger partial charge on any atom is 0.238 e. The van der Waals surface area contributed by atoms with E-state index in [4.69, 9.17) is 10.6 Å². The van der Waals surface area contributed by atoms with E-state index in [1.54, 1.807) is 0 Å². The molecular formula is C16H18N2O2. The zero-order valence-electron chi connectivity index (χ0n) is 11.4. The third kappa shape index (κ3) is 3.83. The molecule has 4 nitrogen and oxygen atoms in total. The molecule has 4 heteroatoms. The third-order valence-electron chi connectivity index (χ3n) is 3.05. The fourth-order valence-electron chi connectivity index (χ4n) is 1.89. The molecule has 0 saturated carbocycles. The molecule has 0 fully saturated rings. The van der Waals surface area contributed by atoms with Crippen molar-refractivity contribution < 1.29 is 9.53 Å². The predicted octanol–water partition coefficient (Wildman–Crippen LogP) is 2.11. The number of benzene rings is 2. The smallest absolute Gasteiger partial charge is 0.238 e. The van der Waals surface area contributed by atoms with Gasteiger partial charge in [-0.05, 0) is 30.2 Å². The molecule has 0 radical (unpaired) electrons. The van der Waals surface area contributed by atoms with E-state index in [0.717, 1.165) is 16.9 Å². The normalized spacial score (nSPS) is 10.1. The number of hydrazine groups is 1. The zero-order valence-corrected chi connectivity index (χ0v) is 11.4. The quantitative estimate of drug-likeness (QED) is 0.497. The van der Waals surface area contributed by atoms with Gasteiger partial charge < -0.3 is 4.74 Å². The zero-order chi connectivity index (χ0) is 14.4. The molecule has 0 heterocycles. The lowest BCUT2D eigenvalue weighted by atomic mass is 10.1. The molecule has 0 spiro atoms. The molecule has 0 aliphatic heterocycles. The third-order valence-corrected chi connectivity index (χ3v) is 3.05. The Morgan fingerprint density at radius 1 is 1.10 bits per heavy atom. The van der Waals surface area contributed by atoms with E-state index < -0.39 is 0 Å². The molecule has 1 amide bonds. The molecule has 0 aliphatic rings. The van der Waals surface area contributed by atoms with Gasteiger partial charge in [0, 0.05) is 0 Å². The Morgan fingerprint density at radius 3 is 2.40 bits per heavy atom. The largest absolute Gasteiger partial charge is 0.489 e. The molecule has 0 saturated heterocycles. The summed E-state index contributed by atoms with van der Waals surface area (Å²) in [5, 5.41) is 0. The van der Waals surface area contributed by atoms with E-state index >= 15 is 0 Å². The van der Waals surface area contributed by atoms with Crippen LogP contribution in [0, 0.1) is 6.92 Å². The molecule has 0 unspecified atom stereocenters. The second kappa shape index (κ2) is 6.73. The second-order valence-corrected chi connectivity index (χ2v) is 4.61. The molecule has 0 atom stereocenters. The first-order chi connectivity index (χ1) is 9.69. The average Bonchev–Trinajstić information content (AvgIpc) is 2.48. The summed E-state index contributed by atoms with van der Waals surface area (Å²) in [6.45, 7) is 2.46. The summed E-state index contributed by atoms with van der Waals surface area (Å²) in [6, 6.07) is 15.6. The Balaban J connectivity index is 2.05. The minimum absolute atomic E-state index is 0.215. The van der Waals surface area contributed by atoms with Gasteiger partial charge in [-0.1, -0.05) is 42.0 Å². The summed E-state index contributed by atoms with van der Waals surface area (Å²) in [5.74, 6) is 5.72. The second-order valence-electron chi connectivity index (χ2n) is 4.61. The first-order valence-corrected chi connectivity index (χ1v) is 6.44. The number of nitrogens with two attached hydrogens (primary N) is 1. The van der Waals surface area contributed by atoms with Crippen LogP contribution in [0.25, 0.3) is 0 Å². The highest BCUT2D eigenvalue weighted by atomic mass is 16.5. The van der Waals surface area contributed by atoms with Crippen LogP contribution in [-0.2, 0) is 17.8 Å². The molecule has 0 aliphatic carbocycles. The number of rotatable bonds is 5. The van der Waals surface area contributed by atoms with Crippen molar-refractivity contribution in [3.63, 3.8) is 0 Å². The molecule has 2 aromatic rings. The SMILES string of the molecule is Cc1ccc(OCc2ccccc2CC(=O)NN)cc1. The summed E-state index contributed by atoms with van der Waals surface area (Å²) >= 11 is 0. The van der Waals surface area contributed by atoms with Gasteiger partial charge in [-0.3, -0.25) is 10.2 Å². The topological polar surface area (TPSA) is 64.3 Å². The molecule has 0 bridgehead atoms. The van der Waals surface area contributed by atoms with Gasteiger partial charge in [0.05, 0.1) is 6.42 Å². The molecular weight excluding hydrogens is 252 g/mol. The van der Waals surface area contributed by atoms with Crippen LogP contribution in [0.15, 0.2) is 48.5 Å². The maximum atomic E-state index is 11.4. The van der Waals surface area contributed by atoms with Crippen molar-refractivity contribution in [2.75, 3.05) is 0 Å². The standard InChI is InChI=1S/C16H18N2O2/c1-12-6-8-15(9-7-12)20-11-14-5-3-2-4-13(14)10-16(19)18-17/h2-9H,10-11,17H2,1H3,(H,18,19). The van der Waals surface area contributed by atoms with Crippen molar-refractivity contribution in [3.8, 4) is 5.75 Å². The fraction of sp³-hybridized carbons (Fsp3) is 0.188. The minimum Gasteiger partial charge on any atom is -0.489 e. The number of aryl methyl sites for hydroxylation is 1. The van der Waals surface area contributed by atoms with Crippen molar-refractivity contribution >= 4 is 5.91 Å². The van der Waals surface area contributed by atoms with Crippen molar-refractivity contribution in [2.45, 2.75) is 20.0 Å². The van der Waals surface area contributed by atoms with E-state index in [2.05, 4.69) is 5.43 Å². The average molecular weight is 270 g/mol. The van der Waals surface area contributed by atoms with E-state index in [0.29, 0.717) is 6.61 Å². The van der Waals surface area contributed by atoms with Gasteiger partial charge in [-0.2, -0.15) is 0 Å². The van der Waals surface area contributed by atoms with Gasteiger partial charge in [0.25, 0.3) is 0 Å². The van der Waals surface area contributed by atoms with E-state index in [9.17, 15) is 4.79 Å². The Bertz CT molecular complexity index is 579. The van der Waals surface area contributed by atoms with Crippen LogP contribution in [0.4, 0.5) is 0 Å². The highest BCUT2D eigenvalue weighted by Crippen LogP contribution is 2.16. The maximum absolute atomic E-state index is 11.4. The van der Waals surface area contributed by atoms with Crippen LogP contribution in [0.5, 0.6) is 5.75 Å². The van der Waals surface area contributed by atoms with Gasteiger partial charge in [0.2, 0.25) is 5.91 Å². The fourth-order valence-corrected chi connectivity index (χ4v) is 1.89. The van der Waals surface area contributed by atoms with Crippen molar-refractivity contribution in [1.29, 1.82) is 0 Å². The Morgan fingerprint density at radius 2 is 1.75 bits per heavy atom. The number of hydrogen-bond donors (Lipinski definition) is 2. The molecule has 2 rings (SSSR count). The van der Waals surface area contributed by atoms with Crippen LogP contribution < -0.4 is 16.0 Å². The van der Waals surface area contributed by atoms with Gasteiger partial charge in [0.1, 0.15) is 12.4 Å². The summed E-state index contributed by atoms with van der Waals surface area (Å²) in [5.41, 5.74) is 5.24. The lowest BCUT2D eigenvalue weighted by molar-refractivity contribution is -0.120. The Kier molecular flexibility index (Phi) is 4.74. The Labute approximate surface area is 118 Å². The number of hydrogen-bond acceptors (Lipinski definition) is 3. The van der Waals surface area contributed by atoms with Gasteiger partial charge >= 0.3 is 0 Å². The molecule has 3 N–H and O–H groups in total. The van der Waals surface area contributed by atoms with Crippen LogP contribution in [-0.4, -0.2) is 5.91 Å². The van der Waals surface area contributed by atoms with E-state index in [1.165, 1.54) is 5.56 Å². The highest BCUT2D eigenvalue weighted by Gasteiger charge is 2.07. The number of ether oxygens (including phenoxy) is 1. The number of carbonyl (C=O) groups is 1. The summed E-state index contributed by atoms with van der Waals surface area (Å²) in [6.07, 6.45) is 0.254. The van der Waals surface area contributed by atoms with Gasteiger partial charge in [-0.25, -0.2) is 5.84 Å². The Hall–Kier alpha value is -2.33. The number of nitrogens with one attached hydrogen (secondary N) is 1. The monoisotopic (exact) mass is 270 g/mol. The van der Waals surface area contributed by atoms with E-state index in [1.807, 2.05) is 55.5 Å². The first kappa shape index (κ1) is 14.1. The van der Waals surface area contributed by atoms with Gasteiger partial charge in [-0.15, -0.1) is 0 Å².